The van der Waals surface area contributed by atoms with Gasteiger partial charge in [-0.1, -0.05) is 104 Å². The normalized spacial score (nSPS) is 26.4. The standard InChI is InChI=1S/C33H38/c1-20-13-21(2)28(16-24-9-6-5-7-10-24)33(14-20)27-12-8-11-26-15-25(18-32(26)27)17-29-22(3)30-19-31(30)23(29)4/h8,11-15,24,29-31H,3-7,9-10,16-19H2,1-2H3. The Morgan fingerprint density at radius 2 is 1.64 bits per heavy atom. The van der Waals surface area contributed by atoms with Gasteiger partial charge in [0.1, 0.15) is 0 Å². The van der Waals surface area contributed by atoms with Crippen LogP contribution < -0.4 is 0 Å². The van der Waals surface area contributed by atoms with E-state index in [2.05, 4.69) is 63.4 Å². The second kappa shape index (κ2) is 8.15. The van der Waals surface area contributed by atoms with Crippen molar-refractivity contribution in [2.45, 2.75) is 71.6 Å². The van der Waals surface area contributed by atoms with Gasteiger partial charge in [0.2, 0.25) is 0 Å². The van der Waals surface area contributed by atoms with Crippen molar-refractivity contribution in [3.63, 3.8) is 0 Å². The van der Waals surface area contributed by atoms with Crippen LogP contribution in [0.5, 0.6) is 0 Å². The fraction of sp³-hybridized carbons (Fsp3) is 0.455. The lowest BCUT2D eigenvalue weighted by Crippen LogP contribution is -2.11. The second-order valence-corrected chi connectivity index (χ2v) is 11.5. The van der Waals surface area contributed by atoms with Crippen molar-refractivity contribution in [3.05, 3.63) is 88.0 Å². The average molecular weight is 435 g/mol. The summed E-state index contributed by atoms with van der Waals surface area (Å²) in [5.41, 5.74) is 14.9. The van der Waals surface area contributed by atoms with E-state index in [1.165, 1.54) is 83.9 Å². The second-order valence-electron chi connectivity index (χ2n) is 11.5. The predicted molar refractivity (Wildman–Crippen MR) is 141 cm³/mol. The largest absolute Gasteiger partial charge is 0.0989 e. The molecule has 3 fully saturated rings. The first-order chi connectivity index (χ1) is 16.0. The highest BCUT2D eigenvalue weighted by Crippen LogP contribution is 2.61. The Morgan fingerprint density at radius 3 is 2.39 bits per heavy atom. The van der Waals surface area contributed by atoms with Crippen molar-refractivity contribution in [1.82, 2.24) is 0 Å². The van der Waals surface area contributed by atoms with Gasteiger partial charge in [-0.25, -0.2) is 0 Å². The molecule has 170 valence electrons. The van der Waals surface area contributed by atoms with Crippen LogP contribution in [0.15, 0.2) is 60.2 Å². The molecule has 0 saturated heterocycles. The Hall–Kier alpha value is -2.34. The van der Waals surface area contributed by atoms with Gasteiger partial charge in [-0.15, -0.1) is 0 Å². The molecule has 2 aromatic carbocycles. The van der Waals surface area contributed by atoms with Gasteiger partial charge < -0.3 is 0 Å². The number of hydrogen-bond donors (Lipinski definition) is 0. The van der Waals surface area contributed by atoms with Crippen molar-refractivity contribution in [1.29, 1.82) is 0 Å². The highest BCUT2D eigenvalue weighted by atomic mass is 14.6. The Balaban J connectivity index is 1.30. The number of allylic oxidation sites excluding steroid dienone is 3. The predicted octanol–water partition coefficient (Wildman–Crippen LogP) is 8.80. The van der Waals surface area contributed by atoms with Gasteiger partial charge in [0.25, 0.3) is 0 Å². The monoisotopic (exact) mass is 434 g/mol. The third kappa shape index (κ3) is 3.76. The Morgan fingerprint density at radius 1 is 0.879 bits per heavy atom. The minimum atomic E-state index is 0.515. The van der Waals surface area contributed by atoms with E-state index in [-0.39, 0.29) is 0 Å². The van der Waals surface area contributed by atoms with Gasteiger partial charge >= 0.3 is 0 Å². The van der Waals surface area contributed by atoms with Gasteiger partial charge in [-0.2, -0.15) is 0 Å². The molecule has 3 saturated carbocycles. The van der Waals surface area contributed by atoms with Crippen molar-refractivity contribution in [2.75, 3.05) is 0 Å². The van der Waals surface area contributed by atoms with E-state index < -0.39 is 0 Å². The van der Waals surface area contributed by atoms with Gasteiger partial charge in [-0.3, -0.25) is 0 Å². The highest BCUT2D eigenvalue weighted by molar-refractivity contribution is 5.80. The van der Waals surface area contributed by atoms with Crippen LogP contribution in [0.1, 0.15) is 72.8 Å². The minimum absolute atomic E-state index is 0.515. The molecule has 4 aliphatic rings. The molecule has 2 unspecified atom stereocenters. The molecule has 0 spiro atoms. The molecule has 2 aromatic rings. The van der Waals surface area contributed by atoms with Crippen LogP contribution >= 0.6 is 0 Å². The Bertz CT molecular complexity index is 1150. The molecule has 0 bridgehead atoms. The lowest BCUT2D eigenvalue weighted by atomic mass is 9.80. The van der Waals surface area contributed by atoms with Crippen LogP contribution in [0.2, 0.25) is 0 Å². The fourth-order valence-electron chi connectivity index (χ4n) is 7.30. The first kappa shape index (κ1) is 21.2. The zero-order valence-corrected chi connectivity index (χ0v) is 20.6. The molecule has 0 nitrogen and oxygen atoms in total. The summed E-state index contributed by atoms with van der Waals surface area (Å²) < 4.78 is 0. The maximum absolute atomic E-state index is 4.46. The van der Waals surface area contributed by atoms with Crippen LogP contribution in [-0.2, 0) is 12.8 Å². The first-order valence-corrected chi connectivity index (χ1v) is 13.3. The van der Waals surface area contributed by atoms with E-state index in [9.17, 15) is 0 Å². The number of hydrogen-bond acceptors (Lipinski definition) is 0. The molecule has 0 amide bonds. The molecule has 0 N–H and O–H groups in total. The van der Waals surface area contributed by atoms with Crippen LogP contribution in [0, 0.1) is 37.5 Å². The summed E-state index contributed by atoms with van der Waals surface area (Å²) >= 11 is 0. The van der Waals surface area contributed by atoms with Crippen molar-refractivity contribution in [2.24, 2.45) is 23.7 Å². The highest BCUT2D eigenvalue weighted by Gasteiger charge is 2.51. The van der Waals surface area contributed by atoms with Crippen LogP contribution in [0.25, 0.3) is 17.2 Å². The molecular weight excluding hydrogens is 396 g/mol. The van der Waals surface area contributed by atoms with E-state index in [1.807, 2.05) is 0 Å². The van der Waals surface area contributed by atoms with Crippen molar-refractivity contribution in [3.8, 4) is 11.1 Å². The lowest BCUT2D eigenvalue weighted by Gasteiger charge is -2.25. The lowest BCUT2D eigenvalue weighted by molar-refractivity contribution is 0.356. The molecule has 0 radical (unpaired) electrons. The zero-order valence-electron chi connectivity index (χ0n) is 20.6. The summed E-state index contributed by atoms with van der Waals surface area (Å²) in [5.74, 6) is 2.87. The van der Waals surface area contributed by atoms with Crippen molar-refractivity contribution < 1.29 is 0 Å². The van der Waals surface area contributed by atoms with Gasteiger partial charge in [0.15, 0.2) is 0 Å². The number of benzene rings is 2. The number of aryl methyl sites for hydroxylation is 2. The first-order valence-electron chi connectivity index (χ1n) is 13.3. The third-order valence-corrected chi connectivity index (χ3v) is 9.21. The Kier molecular flexibility index (Phi) is 5.24. The van der Waals surface area contributed by atoms with Gasteiger partial charge in [-0.05, 0) is 90.7 Å². The molecule has 6 rings (SSSR count). The summed E-state index contributed by atoms with van der Waals surface area (Å²) in [7, 11) is 0. The Labute approximate surface area is 200 Å². The summed E-state index contributed by atoms with van der Waals surface area (Å²) in [6.45, 7) is 13.5. The third-order valence-electron chi connectivity index (χ3n) is 9.21. The van der Waals surface area contributed by atoms with E-state index in [4.69, 9.17) is 0 Å². The fourth-order valence-corrected chi connectivity index (χ4v) is 7.30. The van der Waals surface area contributed by atoms with Crippen molar-refractivity contribution >= 4 is 6.08 Å². The number of rotatable bonds is 5. The van der Waals surface area contributed by atoms with Gasteiger partial charge in [0.05, 0.1) is 0 Å². The van der Waals surface area contributed by atoms with E-state index >= 15 is 0 Å². The van der Waals surface area contributed by atoms with E-state index in [0.29, 0.717) is 5.92 Å². The van der Waals surface area contributed by atoms with Gasteiger partial charge in [0, 0.05) is 5.92 Å². The SMILES string of the molecule is C=C1C(CC2=Cc3cccc(-c4cc(C)cc(C)c4CC4CCCCC4)c3C2)C(=C)C2CC12. The molecule has 33 heavy (non-hydrogen) atoms. The van der Waals surface area contributed by atoms with E-state index in [0.717, 1.165) is 30.6 Å². The number of fused-ring (bicyclic) bond motifs is 2. The molecule has 0 heterocycles. The zero-order chi connectivity index (χ0) is 22.7. The smallest absolute Gasteiger partial charge is 0.00449 e. The van der Waals surface area contributed by atoms with Crippen LogP contribution in [0.3, 0.4) is 0 Å². The summed E-state index contributed by atoms with van der Waals surface area (Å²) in [6.07, 6.45) is 14.3. The summed E-state index contributed by atoms with van der Waals surface area (Å²) in [6, 6.07) is 11.9. The van der Waals surface area contributed by atoms with Crippen LogP contribution in [0.4, 0.5) is 0 Å². The van der Waals surface area contributed by atoms with Crippen LogP contribution in [-0.4, -0.2) is 0 Å². The molecule has 0 aliphatic heterocycles. The maximum Gasteiger partial charge on any atom is 0.00449 e. The topological polar surface area (TPSA) is 0 Å². The molecule has 0 heteroatoms. The molecular formula is C33H38. The van der Waals surface area contributed by atoms with E-state index in [1.54, 1.807) is 16.7 Å². The molecule has 2 atom stereocenters. The minimum Gasteiger partial charge on any atom is -0.0989 e. The molecule has 0 aromatic heterocycles. The maximum atomic E-state index is 4.46. The molecule has 4 aliphatic carbocycles. The average Bonchev–Trinajstić information content (AvgIpc) is 3.44. The quantitative estimate of drug-likeness (QED) is 0.412. The summed E-state index contributed by atoms with van der Waals surface area (Å²) in [5, 5.41) is 0. The summed E-state index contributed by atoms with van der Waals surface area (Å²) in [4.78, 5) is 0.